The summed E-state index contributed by atoms with van der Waals surface area (Å²) in [5.74, 6) is 0.690. The summed E-state index contributed by atoms with van der Waals surface area (Å²) in [6.07, 6.45) is 0. The maximum atomic E-state index is 6.11. The molecule has 0 spiro atoms. The Morgan fingerprint density at radius 2 is 2.12 bits per heavy atom. The van der Waals surface area contributed by atoms with Crippen molar-refractivity contribution < 1.29 is 4.74 Å². The summed E-state index contributed by atoms with van der Waals surface area (Å²) in [5, 5.41) is 1.53. The van der Waals surface area contributed by atoms with Gasteiger partial charge in [0, 0.05) is 5.56 Å². The van der Waals surface area contributed by atoms with Crippen LogP contribution in [0.3, 0.4) is 0 Å². The highest BCUT2D eigenvalue weighted by atomic mass is 35.5. The van der Waals surface area contributed by atoms with E-state index in [0.29, 0.717) is 26.6 Å². The van der Waals surface area contributed by atoms with Crippen molar-refractivity contribution in [3.8, 4) is 17.0 Å². The number of halogens is 1. The average molecular weight is 256 g/mol. The molecule has 0 aliphatic rings. The predicted molar refractivity (Wildman–Crippen MR) is 67.9 cm³/mol. The number of aromatic nitrogens is 1. The zero-order valence-electron chi connectivity index (χ0n) is 8.53. The van der Waals surface area contributed by atoms with Gasteiger partial charge in [-0.25, -0.2) is 4.98 Å². The molecule has 0 saturated carbocycles. The standard InChI is InChI=1S/C10H10ClN3OS/c1-15-5-2-3-6(7(11)4-5)8-9(12)16-10(13)14-8/h2-4H,12H2,1H3,(H2,13,14). The third kappa shape index (κ3) is 1.91. The Morgan fingerprint density at radius 3 is 2.62 bits per heavy atom. The van der Waals surface area contributed by atoms with Gasteiger partial charge in [-0.1, -0.05) is 22.9 Å². The number of rotatable bonds is 2. The lowest BCUT2D eigenvalue weighted by molar-refractivity contribution is 0.415. The molecule has 4 nitrogen and oxygen atoms in total. The summed E-state index contributed by atoms with van der Waals surface area (Å²) in [6.45, 7) is 0. The maximum absolute atomic E-state index is 6.11. The normalized spacial score (nSPS) is 10.4. The number of thiazole rings is 1. The first kappa shape index (κ1) is 11.0. The number of anilines is 2. The number of nitrogens with two attached hydrogens (primary N) is 2. The lowest BCUT2D eigenvalue weighted by atomic mass is 10.1. The van der Waals surface area contributed by atoms with Crippen molar-refractivity contribution in [2.45, 2.75) is 0 Å². The largest absolute Gasteiger partial charge is 0.497 e. The monoisotopic (exact) mass is 255 g/mol. The smallest absolute Gasteiger partial charge is 0.182 e. The minimum absolute atomic E-state index is 0.430. The maximum Gasteiger partial charge on any atom is 0.182 e. The number of nitrogen functional groups attached to an aromatic ring is 2. The van der Waals surface area contributed by atoms with Crippen molar-refractivity contribution >= 4 is 33.1 Å². The Kier molecular flexibility index (Phi) is 2.89. The quantitative estimate of drug-likeness (QED) is 0.865. The van der Waals surface area contributed by atoms with Crippen molar-refractivity contribution in [1.82, 2.24) is 4.98 Å². The van der Waals surface area contributed by atoms with Crippen LogP contribution in [0.15, 0.2) is 18.2 Å². The molecule has 0 unspecified atom stereocenters. The fourth-order valence-electron chi connectivity index (χ4n) is 1.36. The van der Waals surface area contributed by atoms with Crippen LogP contribution in [0.4, 0.5) is 10.1 Å². The van der Waals surface area contributed by atoms with Gasteiger partial charge in [-0.15, -0.1) is 0 Å². The summed E-state index contributed by atoms with van der Waals surface area (Å²) in [4.78, 5) is 4.14. The lowest BCUT2D eigenvalue weighted by Gasteiger charge is -2.04. The minimum atomic E-state index is 0.430. The van der Waals surface area contributed by atoms with Gasteiger partial charge in [-0.2, -0.15) is 0 Å². The molecule has 0 aliphatic carbocycles. The second-order valence-corrected chi connectivity index (χ2v) is 4.58. The van der Waals surface area contributed by atoms with Gasteiger partial charge in [0.2, 0.25) is 0 Å². The molecule has 0 aliphatic heterocycles. The van der Waals surface area contributed by atoms with Crippen molar-refractivity contribution in [1.29, 1.82) is 0 Å². The van der Waals surface area contributed by atoms with Gasteiger partial charge in [0.05, 0.1) is 12.1 Å². The molecule has 16 heavy (non-hydrogen) atoms. The molecular formula is C10H10ClN3OS. The molecule has 0 bridgehead atoms. The second-order valence-electron chi connectivity index (χ2n) is 3.11. The molecule has 0 atom stereocenters. The van der Waals surface area contributed by atoms with Crippen LogP contribution in [0.2, 0.25) is 5.02 Å². The van der Waals surface area contributed by atoms with E-state index in [1.54, 1.807) is 19.2 Å². The minimum Gasteiger partial charge on any atom is -0.497 e. The van der Waals surface area contributed by atoms with Gasteiger partial charge in [0.1, 0.15) is 16.4 Å². The van der Waals surface area contributed by atoms with Gasteiger partial charge in [-0.05, 0) is 18.2 Å². The van der Waals surface area contributed by atoms with E-state index in [0.717, 1.165) is 5.56 Å². The van der Waals surface area contributed by atoms with Crippen LogP contribution >= 0.6 is 22.9 Å². The number of hydrogen-bond donors (Lipinski definition) is 2. The van der Waals surface area contributed by atoms with Gasteiger partial charge >= 0.3 is 0 Å². The molecule has 1 aromatic heterocycles. The molecule has 0 saturated heterocycles. The van der Waals surface area contributed by atoms with Crippen LogP contribution in [0.5, 0.6) is 5.75 Å². The Balaban J connectivity index is 2.52. The highest BCUT2D eigenvalue weighted by Gasteiger charge is 2.12. The van der Waals surface area contributed by atoms with E-state index < -0.39 is 0 Å². The molecule has 84 valence electrons. The van der Waals surface area contributed by atoms with Crippen molar-refractivity contribution in [2.75, 3.05) is 18.6 Å². The van der Waals surface area contributed by atoms with Gasteiger partial charge in [-0.3, -0.25) is 0 Å². The zero-order chi connectivity index (χ0) is 11.7. The summed E-state index contributed by atoms with van der Waals surface area (Å²) >= 11 is 7.35. The van der Waals surface area contributed by atoms with Crippen LogP contribution in [0.1, 0.15) is 0 Å². The number of nitrogens with zero attached hydrogens (tertiary/aromatic N) is 1. The fourth-order valence-corrected chi connectivity index (χ4v) is 2.23. The molecule has 1 heterocycles. The summed E-state index contributed by atoms with van der Waals surface area (Å²) in [7, 11) is 1.58. The van der Waals surface area contributed by atoms with E-state index in [-0.39, 0.29) is 0 Å². The third-order valence-electron chi connectivity index (χ3n) is 2.10. The summed E-state index contributed by atoms with van der Waals surface area (Å²) < 4.78 is 5.06. The highest BCUT2D eigenvalue weighted by molar-refractivity contribution is 7.19. The SMILES string of the molecule is COc1ccc(-c2nc(N)sc2N)c(Cl)c1. The molecule has 2 aromatic rings. The van der Waals surface area contributed by atoms with E-state index >= 15 is 0 Å². The number of ether oxygens (including phenoxy) is 1. The van der Waals surface area contributed by atoms with Crippen LogP contribution in [-0.2, 0) is 0 Å². The van der Waals surface area contributed by atoms with Gasteiger partial charge < -0.3 is 16.2 Å². The Hall–Kier alpha value is -1.46. The number of methoxy groups -OCH3 is 1. The van der Waals surface area contributed by atoms with Crippen LogP contribution < -0.4 is 16.2 Å². The van der Waals surface area contributed by atoms with Crippen LogP contribution in [0, 0.1) is 0 Å². The van der Waals surface area contributed by atoms with Crippen molar-refractivity contribution in [2.24, 2.45) is 0 Å². The molecule has 6 heteroatoms. The molecule has 0 amide bonds. The first-order valence-corrected chi connectivity index (χ1v) is 5.67. The first-order chi connectivity index (χ1) is 7.61. The summed E-state index contributed by atoms with van der Waals surface area (Å²) in [6, 6.07) is 5.33. The lowest BCUT2D eigenvalue weighted by Crippen LogP contribution is -1.89. The van der Waals surface area contributed by atoms with E-state index in [2.05, 4.69) is 4.98 Å². The topological polar surface area (TPSA) is 74.2 Å². The summed E-state index contributed by atoms with van der Waals surface area (Å²) in [5.41, 5.74) is 12.8. The molecule has 1 aromatic carbocycles. The van der Waals surface area contributed by atoms with E-state index in [9.17, 15) is 0 Å². The predicted octanol–water partition coefficient (Wildman–Crippen LogP) is 2.64. The molecular weight excluding hydrogens is 246 g/mol. The van der Waals surface area contributed by atoms with E-state index in [4.69, 9.17) is 27.8 Å². The Labute approximate surface area is 102 Å². The van der Waals surface area contributed by atoms with Gasteiger partial charge in [0.15, 0.2) is 5.13 Å². The number of hydrogen-bond acceptors (Lipinski definition) is 5. The zero-order valence-corrected chi connectivity index (χ0v) is 10.1. The second kappa shape index (κ2) is 4.19. The Morgan fingerprint density at radius 1 is 1.38 bits per heavy atom. The molecule has 0 fully saturated rings. The van der Waals surface area contributed by atoms with Crippen LogP contribution in [0.25, 0.3) is 11.3 Å². The van der Waals surface area contributed by atoms with Crippen LogP contribution in [-0.4, -0.2) is 12.1 Å². The van der Waals surface area contributed by atoms with Crippen molar-refractivity contribution in [3.05, 3.63) is 23.2 Å². The third-order valence-corrected chi connectivity index (χ3v) is 3.13. The fraction of sp³-hybridized carbons (Fsp3) is 0.100. The molecule has 4 N–H and O–H groups in total. The Bertz CT molecular complexity index is 527. The molecule has 0 radical (unpaired) electrons. The van der Waals surface area contributed by atoms with Gasteiger partial charge in [0.25, 0.3) is 0 Å². The highest BCUT2D eigenvalue weighted by Crippen LogP contribution is 2.37. The number of benzene rings is 1. The molecule has 2 rings (SSSR count). The van der Waals surface area contributed by atoms with E-state index in [1.165, 1.54) is 11.3 Å². The average Bonchev–Trinajstić information content (AvgIpc) is 2.57. The first-order valence-electron chi connectivity index (χ1n) is 4.47. The van der Waals surface area contributed by atoms with Crippen molar-refractivity contribution in [3.63, 3.8) is 0 Å². The van der Waals surface area contributed by atoms with E-state index in [1.807, 2.05) is 6.07 Å².